The second kappa shape index (κ2) is 10.7. The number of hydrogen-bond donors (Lipinski definition) is 2. The molecule has 0 radical (unpaired) electrons. The maximum absolute atomic E-state index is 13.3. The van der Waals surface area contributed by atoms with Crippen molar-refractivity contribution in [2.24, 2.45) is 0 Å². The number of sulfonamides is 1. The summed E-state index contributed by atoms with van der Waals surface area (Å²) in [5, 5.41) is 2.69. The molecular formula is C24H26FN3O7S. The molecule has 0 spiro atoms. The molecule has 3 atom stereocenters. The molecule has 192 valence electrons. The van der Waals surface area contributed by atoms with E-state index in [0.29, 0.717) is 25.3 Å². The highest BCUT2D eigenvalue weighted by Crippen LogP contribution is 2.25. The van der Waals surface area contributed by atoms with Gasteiger partial charge in [-0.1, -0.05) is 0 Å². The van der Waals surface area contributed by atoms with Gasteiger partial charge in [-0.25, -0.2) is 17.5 Å². The highest BCUT2D eigenvalue weighted by Gasteiger charge is 2.41. The first-order valence-electron chi connectivity index (χ1n) is 11.4. The maximum atomic E-state index is 13.3. The number of halogens is 1. The van der Waals surface area contributed by atoms with Gasteiger partial charge in [0.25, 0.3) is 5.91 Å². The Hall–Kier alpha value is -3.35. The lowest BCUT2D eigenvalue weighted by Crippen LogP contribution is -2.43. The van der Waals surface area contributed by atoms with Crippen molar-refractivity contribution >= 4 is 33.5 Å². The summed E-state index contributed by atoms with van der Waals surface area (Å²) in [6, 6.07) is 9.30. The number of rotatable bonds is 7. The third-order valence-electron chi connectivity index (χ3n) is 5.93. The fourth-order valence-electron chi connectivity index (χ4n) is 4.21. The molecule has 2 saturated heterocycles. The summed E-state index contributed by atoms with van der Waals surface area (Å²) < 4.78 is 51.4. The molecule has 2 aliphatic heterocycles. The van der Waals surface area contributed by atoms with Crippen LogP contribution in [0.4, 0.5) is 10.1 Å². The normalized spacial score (nSPS) is 21.8. The number of amides is 2. The molecule has 0 aromatic heterocycles. The standard InChI is InChI=1S/C24H26FN3O7S/c1-15(29)35-20-12-22(28(13-20)24(31)16-2-4-17(25)5-3-16)23(30)26-18-6-8-21(9-7-18)36(32,33)27-19-10-11-34-14-19/h2-9,19-20,22,27H,10-14H2,1H3,(H,26,30)/t19-,20-,22+/m1/s1. The van der Waals surface area contributed by atoms with E-state index in [0.717, 1.165) is 12.1 Å². The van der Waals surface area contributed by atoms with Gasteiger partial charge in [0.05, 0.1) is 18.0 Å². The number of benzene rings is 2. The number of hydrogen-bond acceptors (Lipinski definition) is 7. The topological polar surface area (TPSA) is 131 Å². The van der Waals surface area contributed by atoms with Gasteiger partial charge in [-0.05, 0) is 55.0 Å². The van der Waals surface area contributed by atoms with E-state index in [1.807, 2.05) is 0 Å². The second-order valence-electron chi connectivity index (χ2n) is 8.64. The Morgan fingerprint density at radius 1 is 1.08 bits per heavy atom. The molecule has 2 aromatic rings. The van der Waals surface area contributed by atoms with Gasteiger partial charge in [0.1, 0.15) is 18.0 Å². The lowest BCUT2D eigenvalue weighted by molar-refractivity contribution is -0.145. The fraction of sp³-hybridized carbons (Fsp3) is 0.375. The fourth-order valence-corrected chi connectivity index (χ4v) is 5.46. The minimum atomic E-state index is -3.75. The lowest BCUT2D eigenvalue weighted by Gasteiger charge is -2.23. The van der Waals surface area contributed by atoms with Crippen LogP contribution in [0, 0.1) is 5.82 Å². The first-order chi connectivity index (χ1) is 17.1. The largest absolute Gasteiger partial charge is 0.461 e. The number of carbonyl (C=O) groups is 3. The number of esters is 1. The summed E-state index contributed by atoms with van der Waals surface area (Å²) in [4.78, 5) is 38.9. The lowest BCUT2D eigenvalue weighted by atomic mass is 10.1. The summed E-state index contributed by atoms with van der Waals surface area (Å²) in [6.07, 6.45) is -0.00478. The van der Waals surface area contributed by atoms with E-state index in [-0.39, 0.29) is 29.5 Å². The Balaban J connectivity index is 1.47. The second-order valence-corrected chi connectivity index (χ2v) is 10.4. The molecule has 2 heterocycles. The van der Waals surface area contributed by atoms with E-state index < -0.39 is 45.8 Å². The van der Waals surface area contributed by atoms with Gasteiger partial charge in [-0.15, -0.1) is 0 Å². The summed E-state index contributed by atoms with van der Waals surface area (Å²) in [5.74, 6) is -2.08. The Morgan fingerprint density at radius 3 is 2.39 bits per heavy atom. The van der Waals surface area contributed by atoms with Crippen molar-refractivity contribution in [2.75, 3.05) is 25.1 Å². The van der Waals surface area contributed by atoms with Crippen LogP contribution in [-0.4, -0.2) is 69.0 Å². The van der Waals surface area contributed by atoms with Gasteiger partial charge in [0.15, 0.2) is 0 Å². The molecule has 4 rings (SSSR count). The van der Waals surface area contributed by atoms with Crippen molar-refractivity contribution in [1.82, 2.24) is 9.62 Å². The number of likely N-dealkylation sites (tertiary alicyclic amines) is 1. The molecule has 0 unspecified atom stereocenters. The van der Waals surface area contributed by atoms with Crippen molar-refractivity contribution in [3.63, 3.8) is 0 Å². The average molecular weight is 520 g/mol. The van der Waals surface area contributed by atoms with Crippen molar-refractivity contribution in [2.45, 2.75) is 42.8 Å². The van der Waals surface area contributed by atoms with Crippen molar-refractivity contribution < 1.29 is 36.7 Å². The molecule has 2 N–H and O–H groups in total. The van der Waals surface area contributed by atoms with Crippen LogP contribution in [0.3, 0.4) is 0 Å². The van der Waals surface area contributed by atoms with Crippen LogP contribution in [0.2, 0.25) is 0 Å². The molecule has 0 bridgehead atoms. The van der Waals surface area contributed by atoms with Crippen LogP contribution < -0.4 is 10.0 Å². The van der Waals surface area contributed by atoms with Gasteiger partial charge in [0, 0.05) is 37.2 Å². The number of nitrogens with one attached hydrogen (secondary N) is 2. The smallest absolute Gasteiger partial charge is 0.302 e. The molecule has 10 nitrogen and oxygen atoms in total. The summed E-state index contributed by atoms with van der Waals surface area (Å²) in [7, 11) is -3.75. The van der Waals surface area contributed by atoms with Gasteiger partial charge >= 0.3 is 5.97 Å². The minimum absolute atomic E-state index is 0.00160. The SMILES string of the molecule is CC(=O)O[C@@H]1C[C@@H](C(=O)Nc2ccc(S(=O)(=O)N[C@@H]3CCOC3)cc2)N(C(=O)c2ccc(F)cc2)C1. The molecule has 2 fully saturated rings. The van der Waals surface area contributed by atoms with Gasteiger partial charge in [-0.3, -0.25) is 14.4 Å². The quantitative estimate of drug-likeness (QED) is 0.532. The number of ether oxygens (including phenoxy) is 2. The minimum Gasteiger partial charge on any atom is -0.461 e. The molecule has 2 aliphatic rings. The number of carbonyl (C=O) groups excluding carboxylic acids is 3. The summed E-state index contributed by atoms with van der Waals surface area (Å²) in [5.41, 5.74) is 0.515. The van der Waals surface area contributed by atoms with E-state index in [9.17, 15) is 27.2 Å². The van der Waals surface area contributed by atoms with Gasteiger partial charge in [-0.2, -0.15) is 0 Å². The van der Waals surface area contributed by atoms with E-state index >= 15 is 0 Å². The van der Waals surface area contributed by atoms with Gasteiger partial charge < -0.3 is 19.7 Å². The van der Waals surface area contributed by atoms with E-state index in [1.54, 1.807) is 0 Å². The highest BCUT2D eigenvalue weighted by atomic mass is 32.2. The summed E-state index contributed by atoms with van der Waals surface area (Å²) in [6.45, 7) is 2.06. The summed E-state index contributed by atoms with van der Waals surface area (Å²) >= 11 is 0. The highest BCUT2D eigenvalue weighted by molar-refractivity contribution is 7.89. The Kier molecular flexibility index (Phi) is 7.67. The molecular weight excluding hydrogens is 493 g/mol. The van der Waals surface area contributed by atoms with Crippen LogP contribution in [0.5, 0.6) is 0 Å². The van der Waals surface area contributed by atoms with Crippen LogP contribution in [0.25, 0.3) is 0 Å². The van der Waals surface area contributed by atoms with E-state index in [2.05, 4.69) is 10.0 Å². The van der Waals surface area contributed by atoms with Crippen LogP contribution in [0.15, 0.2) is 53.4 Å². The van der Waals surface area contributed by atoms with Crippen LogP contribution in [-0.2, 0) is 29.1 Å². The zero-order valence-electron chi connectivity index (χ0n) is 19.5. The predicted octanol–water partition coefficient (Wildman–Crippen LogP) is 1.68. The monoisotopic (exact) mass is 519 g/mol. The Morgan fingerprint density at radius 2 is 1.78 bits per heavy atom. The van der Waals surface area contributed by atoms with E-state index in [1.165, 1.54) is 48.2 Å². The maximum Gasteiger partial charge on any atom is 0.302 e. The third kappa shape index (κ3) is 6.07. The van der Waals surface area contributed by atoms with E-state index in [4.69, 9.17) is 9.47 Å². The van der Waals surface area contributed by atoms with Gasteiger partial charge in [0.2, 0.25) is 15.9 Å². The first-order valence-corrected chi connectivity index (χ1v) is 12.9. The zero-order valence-corrected chi connectivity index (χ0v) is 20.3. The Labute approximate surface area is 207 Å². The molecule has 2 aromatic carbocycles. The molecule has 0 saturated carbocycles. The predicted molar refractivity (Wildman–Crippen MR) is 126 cm³/mol. The zero-order chi connectivity index (χ0) is 25.9. The average Bonchev–Trinajstić information content (AvgIpc) is 3.49. The third-order valence-corrected chi connectivity index (χ3v) is 7.47. The first kappa shape index (κ1) is 25.7. The molecule has 36 heavy (non-hydrogen) atoms. The van der Waals surface area contributed by atoms with Crippen molar-refractivity contribution in [3.05, 3.63) is 59.9 Å². The Bertz CT molecular complexity index is 1230. The molecule has 2 amide bonds. The molecule has 12 heteroatoms. The number of anilines is 1. The van der Waals surface area contributed by atoms with Crippen molar-refractivity contribution in [3.8, 4) is 0 Å². The molecule has 0 aliphatic carbocycles. The van der Waals surface area contributed by atoms with Crippen molar-refractivity contribution in [1.29, 1.82) is 0 Å². The van der Waals surface area contributed by atoms with Crippen LogP contribution in [0.1, 0.15) is 30.1 Å². The van der Waals surface area contributed by atoms with Crippen LogP contribution >= 0.6 is 0 Å². The number of nitrogens with zero attached hydrogens (tertiary/aromatic N) is 1.